The summed E-state index contributed by atoms with van der Waals surface area (Å²) in [5.41, 5.74) is 2.93. The molecule has 6 rings (SSSR count). The normalized spacial score (nSPS) is 33.2. The zero-order valence-corrected chi connectivity index (χ0v) is 34.8. The molecule has 0 bridgehead atoms. The number of hydrogen-bond donors (Lipinski definition) is 0. The highest BCUT2D eigenvalue weighted by Crippen LogP contribution is 2.43. The monoisotopic (exact) mass is 689 g/mol. The third-order valence-electron chi connectivity index (χ3n) is 13.6. The molecule has 0 amide bonds. The Morgan fingerprint density at radius 2 is 0.878 bits per heavy atom. The van der Waals surface area contributed by atoms with E-state index in [2.05, 4.69) is 120 Å². The first-order valence-electron chi connectivity index (χ1n) is 20.6. The van der Waals surface area contributed by atoms with Crippen LogP contribution < -0.4 is 0 Å². The molecule has 0 aliphatic carbocycles. The lowest BCUT2D eigenvalue weighted by Crippen LogP contribution is -2.49. The minimum absolute atomic E-state index is 0. The quantitative estimate of drug-likeness (QED) is 0.288. The molecule has 0 radical (unpaired) electrons. The van der Waals surface area contributed by atoms with Crippen molar-refractivity contribution in [1.82, 2.24) is 29.4 Å². The maximum Gasteiger partial charge on any atom is 0.0125 e. The predicted octanol–water partition coefficient (Wildman–Crippen LogP) is 8.41. The van der Waals surface area contributed by atoms with Gasteiger partial charge in [-0.05, 0) is 203 Å². The third kappa shape index (κ3) is 11.6. The highest BCUT2D eigenvalue weighted by Gasteiger charge is 2.46. The summed E-state index contributed by atoms with van der Waals surface area (Å²) in [7, 11) is 2.28. The maximum atomic E-state index is 2.69. The molecule has 0 saturated carbocycles. The second kappa shape index (κ2) is 16.8. The second-order valence-corrected chi connectivity index (χ2v) is 21.0. The molecule has 3 spiro atoms. The predicted molar refractivity (Wildman–Crippen MR) is 216 cm³/mol. The van der Waals surface area contributed by atoms with E-state index in [0.717, 1.165) is 6.04 Å². The van der Waals surface area contributed by atoms with Crippen molar-refractivity contribution in [2.75, 3.05) is 92.1 Å². The van der Waals surface area contributed by atoms with Crippen LogP contribution >= 0.6 is 0 Å². The fourth-order valence-corrected chi connectivity index (χ4v) is 10.2. The van der Waals surface area contributed by atoms with Gasteiger partial charge in [0.05, 0.1) is 0 Å². The molecule has 49 heavy (non-hydrogen) atoms. The second-order valence-electron chi connectivity index (χ2n) is 21.0. The largest absolute Gasteiger partial charge is 0.306 e. The van der Waals surface area contributed by atoms with Crippen molar-refractivity contribution in [3.05, 3.63) is 0 Å². The molecule has 6 nitrogen and oxygen atoms in total. The SMILES string of the molecule is C.CC(C)N1CCCC2(CCN(C(C)(C)C)C2)C1.CCN1CCCC2(CCN(C(C)(C)C)C2)C1.CN1CCCC2(CCN(C(C)(C)C)C2)C1. The standard InChI is InChI=1S/C15H30N2.C14H28N2.C13H26N2.CH4/c1-13(2)16-9-6-7-15(11-16)8-10-17(12-15)14(3,4)5;1-5-15-9-6-7-14(11-15)8-10-16(12-14)13(2,3)4;1-12(2,3)15-9-7-13(11-15)6-5-8-14(4)10-13;/h13H,6-12H2,1-5H3;5-12H2,1-4H3;5-11H2,1-4H3;1H4. The minimum atomic E-state index is 0. The zero-order valence-electron chi connectivity index (χ0n) is 34.8. The Balaban J connectivity index is 0.000000197. The van der Waals surface area contributed by atoms with Gasteiger partial charge in [0.25, 0.3) is 0 Å². The van der Waals surface area contributed by atoms with Crippen LogP contribution in [-0.4, -0.2) is 144 Å². The van der Waals surface area contributed by atoms with Crippen LogP contribution in [0.25, 0.3) is 0 Å². The molecule has 3 atom stereocenters. The van der Waals surface area contributed by atoms with E-state index >= 15 is 0 Å². The number of nitrogens with zero attached hydrogens (tertiary/aromatic N) is 6. The Morgan fingerprint density at radius 3 is 1.24 bits per heavy atom. The molecule has 6 heterocycles. The van der Waals surface area contributed by atoms with Gasteiger partial charge < -0.3 is 14.7 Å². The summed E-state index contributed by atoms with van der Waals surface area (Å²) in [4.78, 5) is 15.9. The first-order chi connectivity index (χ1) is 22.2. The van der Waals surface area contributed by atoms with Crippen LogP contribution in [0.5, 0.6) is 0 Å². The van der Waals surface area contributed by atoms with Crippen LogP contribution in [0.2, 0.25) is 0 Å². The van der Waals surface area contributed by atoms with E-state index in [-0.39, 0.29) is 7.43 Å². The van der Waals surface area contributed by atoms with Gasteiger partial charge >= 0.3 is 0 Å². The Bertz CT molecular complexity index is 992. The average Bonchev–Trinajstić information content (AvgIpc) is 3.71. The van der Waals surface area contributed by atoms with Gasteiger partial charge in [-0.1, -0.05) is 14.4 Å². The van der Waals surface area contributed by atoms with Crippen LogP contribution in [0.15, 0.2) is 0 Å². The topological polar surface area (TPSA) is 19.4 Å². The third-order valence-corrected chi connectivity index (χ3v) is 13.6. The van der Waals surface area contributed by atoms with E-state index < -0.39 is 0 Å². The molecule has 6 aliphatic rings. The van der Waals surface area contributed by atoms with E-state index in [0.29, 0.717) is 32.9 Å². The van der Waals surface area contributed by atoms with Crippen LogP contribution in [-0.2, 0) is 0 Å². The van der Waals surface area contributed by atoms with E-state index in [4.69, 9.17) is 0 Å². The van der Waals surface area contributed by atoms with Gasteiger partial charge in [0.2, 0.25) is 0 Å². The van der Waals surface area contributed by atoms with Gasteiger partial charge in [0, 0.05) is 61.9 Å². The lowest BCUT2D eigenvalue weighted by molar-refractivity contribution is 0.0589. The first kappa shape index (κ1) is 43.2. The Hall–Kier alpha value is -0.240. The summed E-state index contributed by atoms with van der Waals surface area (Å²) in [5, 5.41) is 0. The molecule has 6 heteroatoms. The summed E-state index contributed by atoms with van der Waals surface area (Å²) in [6, 6.07) is 0.718. The summed E-state index contributed by atoms with van der Waals surface area (Å²) in [6.07, 6.45) is 12.8. The summed E-state index contributed by atoms with van der Waals surface area (Å²) in [6.45, 7) is 45.2. The molecule has 0 aromatic rings. The van der Waals surface area contributed by atoms with Crippen molar-refractivity contribution >= 4 is 0 Å². The first-order valence-corrected chi connectivity index (χ1v) is 20.6. The van der Waals surface area contributed by atoms with Crippen molar-refractivity contribution in [2.24, 2.45) is 16.2 Å². The molecular formula is C43H88N6. The van der Waals surface area contributed by atoms with E-state index in [1.807, 2.05) is 0 Å². The number of rotatable bonds is 2. The van der Waals surface area contributed by atoms with Crippen LogP contribution in [0.3, 0.4) is 0 Å². The Labute approximate surface area is 308 Å². The zero-order chi connectivity index (χ0) is 35.6. The number of likely N-dealkylation sites (tertiary alicyclic amines) is 6. The van der Waals surface area contributed by atoms with E-state index in [1.54, 1.807) is 0 Å². The summed E-state index contributed by atoms with van der Waals surface area (Å²) >= 11 is 0. The van der Waals surface area contributed by atoms with E-state index in [9.17, 15) is 0 Å². The highest BCUT2D eigenvalue weighted by atomic mass is 15.3. The lowest BCUT2D eigenvalue weighted by atomic mass is 9.78. The summed E-state index contributed by atoms with van der Waals surface area (Å²) < 4.78 is 0. The molecule has 6 saturated heterocycles. The van der Waals surface area contributed by atoms with Gasteiger partial charge in [0.15, 0.2) is 0 Å². The van der Waals surface area contributed by atoms with Gasteiger partial charge in [-0.3, -0.25) is 14.7 Å². The van der Waals surface area contributed by atoms with Gasteiger partial charge in [-0.25, -0.2) is 0 Å². The van der Waals surface area contributed by atoms with Gasteiger partial charge in [-0.15, -0.1) is 0 Å². The molecule has 290 valence electrons. The number of hydrogen-bond acceptors (Lipinski definition) is 6. The van der Waals surface area contributed by atoms with Crippen molar-refractivity contribution in [2.45, 2.75) is 171 Å². The molecule has 3 unspecified atom stereocenters. The fraction of sp³-hybridized carbons (Fsp3) is 1.00. The van der Waals surface area contributed by atoms with Crippen molar-refractivity contribution in [3.63, 3.8) is 0 Å². The Kier molecular flexibility index (Phi) is 14.8. The molecular weight excluding hydrogens is 601 g/mol. The molecule has 0 aromatic carbocycles. The number of piperidine rings is 3. The fourth-order valence-electron chi connectivity index (χ4n) is 10.2. The maximum absolute atomic E-state index is 2.69. The molecule has 6 fully saturated rings. The van der Waals surface area contributed by atoms with Crippen LogP contribution in [0, 0.1) is 16.2 Å². The van der Waals surface area contributed by atoms with Crippen LogP contribution in [0.4, 0.5) is 0 Å². The molecule has 6 aliphatic heterocycles. The Morgan fingerprint density at radius 1 is 0.490 bits per heavy atom. The molecule has 0 N–H and O–H groups in total. The minimum Gasteiger partial charge on any atom is -0.306 e. The van der Waals surface area contributed by atoms with Gasteiger partial charge in [0.1, 0.15) is 0 Å². The summed E-state index contributed by atoms with van der Waals surface area (Å²) in [5.74, 6) is 0. The lowest BCUT2D eigenvalue weighted by Gasteiger charge is -2.43. The van der Waals surface area contributed by atoms with Gasteiger partial charge in [-0.2, -0.15) is 0 Å². The smallest absolute Gasteiger partial charge is 0.0125 e. The van der Waals surface area contributed by atoms with Crippen LogP contribution in [0.1, 0.15) is 148 Å². The highest BCUT2D eigenvalue weighted by molar-refractivity contribution is 5.00. The van der Waals surface area contributed by atoms with E-state index in [1.165, 1.54) is 143 Å². The average molecular weight is 689 g/mol. The van der Waals surface area contributed by atoms with Crippen molar-refractivity contribution in [3.8, 4) is 0 Å². The van der Waals surface area contributed by atoms with Crippen molar-refractivity contribution in [1.29, 1.82) is 0 Å². The van der Waals surface area contributed by atoms with Crippen molar-refractivity contribution < 1.29 is 0 Å². The molecule has 0 aromatic heterocycles.